The lowest BCUT2D eigenvalue weighted by Crippen LogP contribution is -2.49. The van der Waals surface area contributed by atoms with E-state index in [1.807, 2.05) is 0 Å². The van der Waals surface area contributed by atoms with Crippen LogP contribution >= 0.6 is 23.4 Å². The van der Waals surface area contributed by atoms with Gasteiger partial charge in [-0.2, -0.15) is 18.2 Å². The minimum Gasteiger partial charge on any atom is -0.359 e. The van der Waals surface area contributed by atoms with E-state index in [0.717, 1.165) is 30.0 Å². The number of halogens is 5. The lowest BCUT2D eigenvalue weighted by Gasteiger charge is -2.37. The van der Waals surface area contributed by atoms with E-state index in [9.17, 15) is 27.2 Å². The van der Waals surface area contributed by atoms with E-state index in [2.05, 4.69) is 11.6 Å². The van der Waals surface area contributed by atoms with Gasteiger partial charge in [0.2, 0.25) is 5.91 Å². The number of carbonyl (C=O) groups is 1. The van der Waals surface area contributed by atoms with Crippen molar-refractivity contribution in [2.75, 3.05) is 57.3 Å². The van der Waals surface area contributed by atoms with E-state index in [1.165, 1.54) is 23.8 Å². The topological polar surface area (TPSA) is 76.9 Å². The number of aromatic nitrogens is 2. The molecule has 0 spiro atoms. The molecule has 3 aromatic rings. The lowest BCUT2D eigenvalue weighted by molar-refractivity contribution is -0.137. The molecule has 2 aliphatic rings. The quantitative estimate of drug-likeness (QED) is 0.161. The lowest BCUT2D eigenvalue weighted by atomic mass is 9.96. The number of anilines is 1. The highest BCUT2D eigenvalue weighted by atomic mass is 35.5. The second-order valence-corrected chi connectivity index (χ2v) is 10.9. The molecule has 1 aromatic heterocycles. The zero-order valence-electron chi connectivity index (χ0n) is 21.8. The Morgan fingerprint density at radius 1 is 1.24 bits per heavy atom. The van der Waals surface area contributed by atoms with Crippen molar-refractivity contribution in [1.29, 1.82) is 0 Å². The van der Waals surface area contributed by atoms with Crippen molar-refractivity contribution in [2.45, 2.75) is 17.1 Å². The Labute approximate surface area is 241 Å². The van der Waals surface area contributed by atoms with Gasteiger partial charge in [-0.1, -0.05) is 24.2 Å². The van der Waals surface area contributed by atoms with E-state index in [4.69, 9.17) is 21.1 Å². The number of methoxy groups -OCH3 is 1. The van der Waals surface area contributed by atoms with Crippen LogP contribution in [0.4, 0.5) is 23.4 Å². The molecule has 1 fully saturated rings. The molecule has 5 rings (SSSR count). The summed E-state index contributed by atoms with van der Waals surface area (Å²) >= 11 is 7.14. The van der Waals surface area contributed by atoms with Gasteiger partial charge < -0.3 is 19.3 Å². The fourth-order valence-electron chi connectivity index (χ4n) is 5.15. The zero-order valence-corrected chi connectivity index (χ0v) is 23.4. The summed E-state index contributed by atoms with van der Waals surface area (Å²) in [7, 11) is 1.45. The van der Waals surface area contributed by atoms with Crippen LogP contribution in [0.1, 0.15) is 11.6 Å². The predicted octanol–water partition coefficient (Wildman–Crippen LogP) is 4.98. The molecule has 0 unspecified atom stereocenters. The molecule has 3 heterocycles. The minimum atomic E-state index is -4.80. The molecule has 41 heavy (non-hydrogen) atoms. The first kappa shape index (κ1) is 29.4. The minimum absolute atomic E-state index is 0.0303. The van der Waals surface area contributed by atoms with Gasteiger partial charge in [0, 0.05) is 54.9 Å². The first-order chi connectivity index (χ1) is 19.5. The van der Waals surface area contributed by atoms with Crippen LogP contribution in [0.2, 0.25) is 5.02 Å². The van der Waals surface area contributed by atoms with Crippen molar-refractivity contribution in [3.63, 3.8) is 0 Å². The van der Waals surface area contributed by atoms with E-state index < -0.39 is 29.3 Å². The molecule has 1 atom stereocenters. The first-order valence-corrected chi connectivity index (χ1v) is 13.9. The van der Waals surface area contributed by atoms with Crippen molar-refractivity contribution in [3.05, 3.63) is 63.8 Å². The number of amides is 1. The molecular weight excluding hydrogens is 588 g/mol. The summed E-state index contributed by atoms with van der Waals surface area (Å²) in [5, 5.41) is -0.189. The van der Waals surface area contributed by atoms with Crippen molar-refractivity contribution in [1.82, 2.24) is 14.5 Å². The Morgan fingerprint density at radius 2 is 1.98 bits per heavy atom. The van der Waals surface area contributed by atoms with Gasteiger partial charge in [0.25, 0.3) is 0 Å². The maximum atomic E-state index is 14.7. The van der Waals surface area contributed by atoms with E-state index in [0.29, 0.717) is 0 Å². The van der Waals surface area contributed by atoms with Gasteiger partial charge in [-0.15, -0.1) is 11.8 Å². The summed E-state index contributed by atoms with van der Waals surface area (Å²) in [5.41, 5.74) is -1.46. The first-order valence-electron chi connectivity index (χ1n) is 12.6. The third-order valence-corrected chi connectivity index (χ3v) is 8.55. The Kier molecular flexibility index (Phi) is 8.33. The fourth-order valence-corrected chi connectivity index (χ4v) is 6.65. The predicted molar refractivity (Wildman–Crippen MR) is 148 cm³/mol. The number of hydrogen-bond donors (Lipinski definition) is 0. The smallest absolute Gasteiger partial charge is 0.359 e. The van der Waals surface area contributed by atoms with Crippen LogP contribution in [0.25, 0.3) is 22.0 Å². The van der Waals surface area contributed by atoms with E-state index in [-0.39, 0.29) is 89.0 Å². The zero-order chi connectivity index (χ0) is 29.5. The van der Waals surface area contributed by atoms with Crippen LogP contribution in [-0.4, -0.2) is 72.8 Å². The second-order valence-electron chi connectivity index (χ2n) is 9.50. The summed E-state index contributed by atoms with van der Waals surface area (Å²) in [6.45, 7) is 4.60. The van der Waals surface area contributed by atoms with Crippen LogP contribution in [0.3, 0.4) is 0 Å². The Hall–Kier alpha value is -3.13. The number of alkyl halides is 3. The molecule has 0 saturated carbocycles. The largest absolute Gasteiger partial charge is 0.417 e. The molecule has 218 valence electrons. The Morgan fingerprint density at radius 3 is 2.61 bits per heavy atom. The molecule has 1 amide bonds. The molecule has 0 bridgehead atoms. The highest BCUT2D eigenvalue weighted by Crippen LogP contribution is 2.50. The highest BCUT2D eigenvalue weighted by molar-refractivity contribution is 7.99. The van der Waals surface area contributed by atoms with Crippen LogP contribution in [-0.2, 0) is 20.4 Å². The molecule has 14 heteroatoms. The van der Waals surface area contributed by atoms with Crippen molar-refractivity contribution in [3.8, 4) is 11.1 Å². The molecule has 8 nitrogen and oxygen atoms in total. The van der Waals surface area contributed by atoms with Gasteiger partial charge in [0.1, 0.15) is 18.4 Å². The van der Waals surface area contributed by atoms with Gasteiger partial charge in [0.15, 0.2) is 0 Å². The summed E-state index contributed by atoms with van der Waals surface area (Å²) in [5.74, 6) is -0.703. The maximum Gasteiger partial charge on any atom is 0.417 e. The van der Waals surface area contributed by atoms with E-state index in [1.54, 1.807) is 9.80 Å². The van der Waals surface area contributed by atoms with Gasteiger partial charge in [-0.3, -0.25) is 9.36 Å². The third-order valence-electron chi connectivity index (χ3n) is 7.02. The highest BCUT2D eigenvalue weighted by Gasteiger charge is 2.39. The van der Waals surface area contributed by atoms with Gasteiger partial charge in [-0.25, -0.2) is 9.18 Å². The van der Waals surface area contributed by atoms with Crippen LogP contribution in [0, 0.1) is 5.82 Å². The number of thioether (sulfide) groups is 1. The number of rotatable bonds is 7. The van der Waals surface area contributed by atoms with Crippen LogP contribution in [0.15, 0.2) is 46.6 Å². The number of ether oxygens (including phenoxy) is 2. The summed E-state index contributed by atoms with van der Waals surface area (Å²) in [6, 6.07) is 3.85. The average molecular weight is 613 g/mol. The number of carbonyl (C=O) groups excluding carboxylic acids is 1. The maximum absolute atomic E-state index is 14.7. The molecule has 0 aliphatic carbocycles. The monoisotopic (exact) mass is 612 g/mol. The summed E-state index contributed by atoms with van der Waals surface area (Å²) in [4.78, 5) is 33.4. The number of piperazine rings is 1. The van der Waals surface area contributed by atoms with Crippen LogP contribution < -0.4 is 10.6 Å². The molecule has 1 saturated heterocycles. The Bertz CT molecular complexity index is 1570. The molecular formula is C27H25ClF4N4O4S. The van der Waals surface area contributed by atoms with Gasteiger partial charge in [-0.05, 0) is 29.8 Å². The van der Waals surface area contributed by atoms with Gasteiger partial charge in [0.05, 0.1) is 28.8 Å². The number of hydrogen-bond acceptors (Lipinski definition) is 7. The molecule has 2 aliphatic heterocycles. The fraction of sp³-hybridized carbons (Fsp3) is 0.370. The molecule has 0 radical (unpaired) electrons. The summed E-state index contributed by atoms with van der Waals surface area (Å²) < 4.78 is 69.9. The van der Waals surface area contributed by atoms with E-state index >= 15 is 0 Å². The second kappa shape index (κ2) is 11.6. The van der Waals surface area contributed by atoms with Crippen molar-refractivity contribution < 1.29 is 31.8 Å². The number of nitrogens with zero attached hydrogens (tertiary/aromatic N) is 4. The number of benzene rings is 2. The van der Waals surface area contributed by atoms with Gasteiger partial charge >= 0.3 is 11.9 Å². The molecule has 0 N–H and O–H groups in total. The third kappa shape index (κ3) is 5.55. The molecule has 2 aromatic carbocycles. The average Bonchev–Trinajstić information content (AvgIpc) is 2.95. The van der Waals surface area contributed by atoms with Crippen molar-refractivity contribution >= 4 is 46.0 Å². The summed E-state index contributed by atoms with van der Waals surface area (Å²) in [6.07, 6.45) is -3.60. The Balaban J connectivity index is 1.77. The van der Waals surface area contributed by atoms with Crippen molar-refractivity contribution in [2.24, 2.45) is 0 Å². The standard InChI is InChI=1S/C27H25ClF4N4O4S/c1-3-21(37)34-6-8-35(9-7-34)25-17-11-18(27(30,31)32)22(15-4-5-20(29)19(28)10-15)24-23(17)36(26(38)33-25)16(13-41-24)12-40-14-39-2/h3-5,10-11,16H,1,6-9,12-14H2,2H3/t16-/m0/s1. The normalized spacial score (nSPS) is 17.3. The SMILES string of the molecule is C=CC(=O)N1CCN(c2nc(=O)n3c4c(c(-c5ccc(F)c(Cl)c5)c(C(F)(F)F)cc24)SC[C@@H]3COCOC)CC1. The van der Waals surface area contributed by atoms with Crippen LogP contribution in [0.5, 0.6) is 0 Å².